The first-order valence-corrected chi connectivity index (χ1v) is 14.5. The SMILES string of the molecule is CCc1ccc2ccc(/C=C/C3(C)CCN(C(C(=O)NC(C)C(=O)N4CCCC(C(N)=O)N4)C(C)C)C3=O)cc2n1. The molecule has 0 saturated carbocycles. The van der Waals surface area contributed by atoms with Gasteiger partial charge in [0.2, 0.25) is 17.7 Å². The van der Waals surface area contributed by atoms with Crippen molar-refractivity contribution in [2.24, 2.45) is 17.1 Å². The number of fused-ring (bicyclic) bond motifs is 1. The zero-order valence-electron chi connectivity index (χ0n) is 24.6. The molecule has 1 aromatic carbocycles. The van der Waals surface area contributed by atoms with Crippen molar-refractivity contribution in [3.05, 3.63) is 47.7 Å². The second-order valence-corrected chi connectivity index (χ2v) is 11.7. The van der Waals surface area contributed by atoms with Gasteiger partial charge in [-0.2, -0.15) is 0 Å². The molecule has 0 spiro atoms. The van der Waals surface area contributed by atoms with Crippen LogP contribution in [0.1, 0.15) is 65.1 Å². The molecule has 4 atom stereocenters. The van der Waals surface area contributed by atoms with E-state index in [9.17, 15) is 19.2 Å². The molecule has 2 aromatic rings. The Labute approximate surface area is 241 Å². The van der Waals surface area contributed by atoms with Crippen molar-refractivity contribution in [1.82, 2.24) is 25.6 Å². The van der Waals surface area contributed by atoms with E-state index in [1.54, 1.807) is 11.8 Å². The van der Waals surface area contributed by atoms with Crippen molar-refractivity contribution < 1.29 is 19.2 Å². The number of aromatic nitrogens is 1. The first-order chi connectivity index (χ1) is 19.4. The molecule has 0 radical (unpaired) electrons. The fraction of sp³-hybridized carbons (Fsp3) is 0.516. The predicted octanol–water partition coefficient (Wildman–Crippen LogP) is 2.56. The lowest BCUT2D eigenvalue weighted by Gasteiger charge is -2.35. The molecule has 0 aliphatic carbocycles. The highest BCUT2D eigenvalue weighted by Crippen LogP contribution is 2.36. The summed E-state index contributed by atoms with van der Waals surface area (Å²) in [5.74, 6) is -1.54. The molecule has 2 fully saturated rings. The number of hydrogen-bond donors (Lipinski definition) is 3. The van der Waals surface area contributed by atoms with Crippen LogP contribution >= 0.6 is 0 Å². The number of nitrogens with one attached hydrogen (secondary N) is 2. The van der Waals surface area contributed by atoms with E-state index in [1.165, 1.54) is 5.01 Å². The third-order valence-electron chi connectivity index (χ3n) is 8.16. The lowest BCUT2D eigenvalue weighted by Crippen LogP contribution is -2.61. The molecule has 2 aliphatic heterocycles. The van der Waals surface area contributed by atoms with Gasteiger partial charge in [-0.1, -0.05) is 51.1 Å². The van der Waals surface area contributed by atoms with Crippen LogP contribution in [0.4, 0.5) is 0 Å². The Morgan fingerprint density at radius 3 is 2.61 bits per heavy atom. The summed E-state index contributed by atoms with van der Waals surface area (Å²) >= 11 is 0. The molecule has 4 rings (SSSR count). The summed E-state index contributed by atoms with van der Waals surface area (Å²) in [5.41, 5.74) is 10.4. The van der Waals surface area contributed by atoms with Crippen LogP contribution in [-0.4, -0.2) is 69.7 Å². The number of carbonyl (C=O) groups is 4. The van der Waals surface area contributed by atoms with Gasteiger partial charge in [0.05, 0.1) is 10.9 Å². The number of rotatable bonds is 9. The molecule has 1 aromatic heterocycles. The highest BCUT2D eigenvalue weighted by Gasteiger charge is 2.46. The normalized spacial score (nSPS) is 22.9. The number of hydrogen-bond acceptors (Lipinski definition) is 6. The molecule has 4 amide bonds. The summed E-state index contributed by atoms with van der Waals surface area (Å²) in [6.45, 7) is 10.2. The van der Waals surface area contributed by atoms with Gasteiger partial charge in [-0.05, 0) is 63.1 Å². The third-order valence-corrected chi connectivity index (χ3v) is 8.16. The van der Waals surface area contributed by atoms with E-state index in [4.69, 9.17) is 10.7 Å². The Balaban J connectivity index is 1.44. The Bertz CT molecular complexity index is 1360. The van der Waals surface area contributed by atoms with Crippen LogP contribution in [0.2, 0.25) is 0 Å². The summed E-state index contributed by atoms with van der Waals surface area (Å²) < 4.78 is 0. The minimum Gasteiger partial charge on any atom is -0.368 e. The quantitative estimate of drug-likeness (QED) is 0.430. The van der Waals surface area contributed by atoms with Gasteiger partial charge in [-0.25, -0.2) is 5.43 Å². The lowest BCUT2D eigenvalue weighted by atomic mass is 9.87. The van der Waals surface area contributed by atoms with Crippen molar-refractivity contribution >= 4 is 40.6 Å². The zero-order valence-corrected chi connectivity index (χ0v) is 24.6. The number of nitrogens with two attached hydrogens (primary N) is 1. The smallest absolute Gasteiger partial charge is 0.258 e. The van der Waals surface area contributed by atoms with Gasteiger partial charge < -0.3 is 16.0 Å². The summed E-state index contributed by atoms with van der Waals surface area (Å²) in [7, 11) is 0. The fourth-order valence-corrected chi connectivity index (χ4v) is 5.62. The summed E-state index contributed by atoms with van der Waals surface area (Å²) in [6.07, 6.45) is 6.50. The third kappa shape index (κ3) is 6.59. The molecule has 10 nitrogen and oxygen atoms in total. The first-order valence-electron chi connectivity index (χ1n) is 14.5. The molecule has 4 N–H and O–H groups in total. The van der Waals surface area contributed by atoms with E-state index >= 15 is 0 Å². The maximum atomic E-state index is 13.7. The van der Waals surface area contributed by atoms with E-state index < -0.39 is 29.4 Å². The lowest BCUT2D eigenvalue weighted by molar-refractivity contribution is -0.145. The van der Waals surface area contributed by atoms with Crippen LogP contribution in [0.25, 0.3) is 17.0 Å². The van der Waals surface area contributed by atoms with Gasteiger partial charge in [-0.15, -0.1) is 0 Å². The Hall–Kier alpha value is -3.79. The second kappa shape index (κ2) is 12.4. The molecule has 41 heavy (non-hydrogen) atoms. The van der Waals surface area contributed by atoms with Crippen molar-refractivity contribution in [3.63, 3.8) is 0 Å². The van der Waals surface area contributed by atoms with Crippen molar-refractivity contribution in [2.75, 3.05) is 13.1 Å². The predicted molar refractivity (Wildman–Crippen MR) is 158 cm³/mol. The second-order valence-electron chi connectivity index (χ2n) is 11.7. The minimum atomic E-state index is -0.846. The Morgan fingerprint density at radius 1 is 1.20 bits per heavy atom. The number of pyridine rings is 1. The molecular weight excluding hydrogens is 520 g/mol. The van der Waals surface area contributed by atoms with E-state index in [0.717, 1.165) is 28.6 Å². The van der Waals surface area contributed by atoms with Crippen molar-refractivity contribution in [1.29, 1.82) is 0 Å². The van der Waals surface area contributed by atoms with Gasteiger partial charge in [0.1, 0.15) is 18.1 Å². The van der Waals surface area contributed by atoms with Gasteiger partial charge in [0.15, 0.2) is 0 Å². The highest BCUT2D eigenvalue weighted by atomic mass is 16.2. The Kier molecular flexibility index (Phi) is 9.11. The van der Waals surface area contributed by atoms with Crippen LogP contribution in [0.15, 0.2) is 36.4 Å². The zero-order chi connectivity index (χ0) is 29.9. The molecule has 3 heterocycles. The molecule has 2 saturated heterocycles. The number of primary amides is 1. The number of hydrazine groups is 1. The van der Waals surface area contributed by atoms with Crippen molar-refractivity contribution in [3.8, 4) is 0 Å². The van der Waals surface area contributed by atoms with E-state index in [1.807, 2.05) is 57.2 Å². The summed E-state index contributed by atoms with van der Waals surface area (Å²) in [4.78, 5) is 58.1. The van der Waals surface area contributed by atoms with Gasteiger partial charge in [0, 0.05) is 24.2 Å². The fourth-order valence-electron chi connectivity index (χ4n) is 5.62. The molecule has 0 bridgehead atoms. The number of benzene rings is 1. The number of aryl methyl sites for hydroxylation is 1. The number of nitrogens with zero attached hydrogens (tertiary/aromatic N) is 3. The van der Waals surface area contributed by atoms with Crippen LogP contribution in [0.3, 0.4) is 0 Å². The molecule has 4 unspecified atom stereocenters. The largest absolute Gasteiger partial charge is 0.368 e. The maximum absolute atomic E-state index is 13.7. The molecular formula is C31H42N6O4. The number of likely N-dealkylation sites (tertiary alicyclic amines) is 1. The van der Waals surface area contributed by atoms with Crippen molar-refractivity contribution in [2.45, 2.75) is 78.4 Å². The van der Waals surface area contributed by atoms with Gasteiger partial charge in [-0.3, -0.25) is 29.2 Å². The Morgan fingerprint density at radius 2 is 1.93 bits per heavy atom. The average Bonchev–Trinajstić information content (AvgIpc) is 3.24. The maximum Gasteiger partial charge on any atom is 0.258 e. The standard InChI is InChI=1S/C31H42N6O4/c1-6-23-12-11-22-10-9-21(18-25(22)34-23)13-14-31(5)15-17-36(30(31)41)26(19(2)3)28(39)33-20(4)29(40)37-16-7-8-24(35-37)27(32)38/h9-14,18-20,24,26,35H,6-8,15-17H2,1-5H3,(H2,32,38)(H,33,39)/b14-13+. The van der Waals surface area contributed by atoms with E-state index in [-0.39, 0.29) is 23.6 Å². The molecule has 10 heteroatoms. The van der Waals surface area contributed by atoms with Crippen LogP contribution < -0.4 is 16.5 Å². The average molecular weight is 563 g/mol. The monoisotopic (exact) mass is 562 g/mol. The van der Waals surface area contributed by atoms with Gasteiger partial charge >= 0.3 is 0 Å². The van der Waals surface area contributed by atoms with E-state index in [2.05, 4.69) is 23.7 Å². The minimum absolute atomic E-state index is 0.115. The molecule has 2 aliphatic rings. The first kappa shape index (κ1) is 30.2. The van der Waals surface area contributed by atoms with Gasteiger partial charge in [0.25, 0.3) is 5.91 Å². The number of carbonyl (C=O) groups excluding carboxylic acids is 4. The van der Waals surface area contributed by atoms with Crippen LogP contribution in [0, 0.1) is 11.3 Å². The topological polar surface area (TPSA) is 138 Å². The number of amides is 4. The highest BCUT2D eigenvalue weighted by molar-refractivity contribution is 5.95. The molecule has 220 valence electrons. The summed E-state index contributed by atoms with van der Waals surface area (Å²) in [6, 6.07) is 7.98. The summed E-state index contributed by atoms with van der Waals surface area (Å²) in [5, 5.41) is 5.22. The van der Waals surface area contributed by atoms with Crippen LogP contribution in [-0.2, 0) is 25.6 Å². The van der Waals surface area contributed by atoms with Crippen LogP contribution in [0.5, 0.6) is 0 Å². The van der Waals surface area contributed by atoms with E-state index in [0.29, 0.717) is 32.4 Å².